The van der Waals surface area contributed by atoms with Gasteiger partial charge in [0.05, 0.1) is 18.4 Å². The number of aromatic nitrogens is 3. The third-order valence-corrected chi connectivity index (χ3v) is 8.52. The van der Waals surface area contributed by atoms with E-state index in [2.05, 4.69) is 25.9 Å². The van der Waals surface area contributed by atoms with Gasteiger partial charge in [0.2, 0.25) is 5.91 Å². The summed E-state index contributed by atoms with van der Waals surface area (Å²) in [7, 11) is 0. The molecule has 4 heterocycles. The summed E-state index contributed by atoms with van der Waals surface area (Å²) in [5, 5.41) is 21.7. The number of benzene rings is 1. The average molecular weight is 578 g/mol. The lowest BCUT2D eigenvalue weighted by Gasteiger charge is -2.54. The van der Waals surface area contributed by atoms with E-state index in [-0.39, 0.29) is 12.0 Å². The van der Waals surface area contributed by atoms with E-state index < -0.39 is 17.5 Å². The highest BCUT2D eigenvalue weighted by molar-refractivity contribution is 6.13. The maximum Gasteiger partial charge on any atom is 0.227 e. The molecule has 0 aliphatic carbocycles. The van der Waals surface area contributed by atoms with Gasteiger partial charge in [-0.25, -0.2) is 18.7 Å². The Morgan fingerprint density at radius 2 is 2.05 bits per heavy atom. The molecule has 0 saturated carbocycles. The number of ether oxygens (including phenoxy) is 1. The number of piperidine rings is 1. The first-order valence-electron chi connectivity index (χ1n) is 14.4. The average Bonchev–Trinajstić information content (AvgIpc) is 3.48. The summed E-state index contributed by atoms with van der Waals surface area (Å²) in [6.45, 7) is 7.22. The van der Waals surface area contributed by atoms with Crippen LogP contribution < -0.4 is 0 Å². The van der Waals surface area contributed by atoms with Gasteiger partial charge in [0.25, 0.3) is 0 Å². The van der Waals surface area contributed by atoms with E-state index in [1.807, 2.05) is 43.3 Å². The van der Waals surface area contributed by atoms with Crippen LogP contribution in [-0.2, 0) is 11.3 Å². The summed E-state index contributed by atoms with van der Waals surface area (Å²) >= 11 is 0. The van der Waals surface area contributed by atoms with Crippen LogP contribution >= 0.6 is 0 Å². The predicted octanol–water partition coefficient (Wildman–Crippen LogP) is 4.66. The maximum atomic E-state index is 13.6. The number of hydrogen-bond donors (Lipinski definition) is 2. The number of H-pyrrole nitrogens is 1. The van der Waals surface area contributed by atoms with Gasteiger partial charge in [0.1, 0.15) is 12.0 Å². The number of hydrogen-bond acceptors (Lipinski definition) is 8. The van der Waals surface area contributed by atoms with Gasteiger partial charge in [-0.3, -0.25) is 14.8 Å². The summed E-state index contributed by atoms with van der Waals surface area (Å²) in [5.74, 6) is -3.33. The molecule has 2 aromatic heterocycles. The summed E-state index contributed by atoms with van der Waals surface area (Å²) < 4.78 is 32.7. The van der Waals surface area contributed by atoms with Crippen LogP contribution in [0.4, 0.5) is 8.78 Å². The van der Waals surface area contributed by atoms with Crippen LogP contribution in [0.5, 0.6) is 0 Å². The number of aromatic amines is 1. The number of halogens is 2. The minimum Gasteiger partial charge on any atom is -0.353 e. The fourth-order valence-electron chi connectivity index (χ4n) is 6.05. The Hall–Kier alpha value is -3.56. The van der Waals surface area contributed by atoms with Gasteiger partial charge in [0, 0.05) is 80.4 Å². The van der Waals surface area contributed by atoms with Crippen molar-refractivity contribution in [2.24, 2.45) is 10.4 Å². The normalized spacial score (nSPS) is 20.0. The number of nitrogens with zero attached hydrogens (tertiary/aromatic N) is 6. The van der Waals surface area contributed by atoms with Crippen LogP contribution in [-0.4, -0.2) is 80.7 Å². The van der Waals surface area contributed by atoms with Crippen LogP contribution in [0.2, 0.25) is 0 Å². The molecule has 2 saturated heterocycles. The first kappa shape index (κ1) is 29.9. The zero-order chi connectivity index (χ0) is 29.7. The van der Waals surface area contributed by atoms with Gasteiger partial charge in [-0.1, -0.05) is 19.1 Å². The van der Waals surface area contributed by atoms with Crippen molar-refractivity contribution in [3.63, 3.8) is 0 Å². The monoisotopic (exact) mass is 577 g/mol. The third kappa shape index (κ3) is 6.27. The van der Waals surface area contributed by atoms with Crippen LogP contribution in [0, 0.1) is 28.4 Å². The molecule has 3 aromatic rings. The maximum absolute atomic E-state index is 13.6. The molecule has 1 atom stereocenters. The minimum absolute atomic E-state index is 0.0208. The number of nitrogens with one attached hydrogen (secondary N) is 1. The summed E-state index contributed by atoms with van der Waals surface area (Å²) in [6, 6.07) is 8.28. The van der Waals surface area contributed by atoms with Crippen molar-refractivity contribution in [1.82, 2.24) is 24.8 Å². The Bertz CT molecular complexity index is 1490. The van der Waals surface area contributed by atoms with Crippen molar-refractivity contribution >= 4 is 22.8 Å². The Balaban J connectivity index is 1.14. The zero-order valence-corrected chi connectivity index (χ0v) is 24.1. The molecule has 11 heteroatoms. The SMILES string of the molecule is C/C=C(\C=N/CC1(CC#N)CN(C2CCN(C(O)(CC)OCc3ccc(F)c(F)c3)CC2)C1)c1ncnc2[nH]ccc12. The quantitative estimate of drug-likeness (QED) is 0.252. The molecule has 1 aromatic carbocycles. The molecular formula is C31H37F2N7O2. The van der Waals surface area contributed by atoms with Gasteiger partial charge < -0.3 is 14.8 Å². The number of aliphatic hydroxyl groups is 1. The van der Waals surface area contributed by atoms with Gasteiger partial charge in [-0.05, 0) is 43.5 Å². The second kappa shape index (κ2) is 12.8. The van der Waals surface area contributed by atoms with Crippen LogP contribution in [0.1, 0.15) is 50.8 Å². The number of likely N-dealkylation sites (tertiary alicyclic amines) is 2. The highest BCUT2D eigenvalue weighted by Gasteiger charge is 2.47. The molecule has 2 N–H and O–H groups in total. The molecule has 2 aliphatic rings. The Kier molecular flexibility index (Phi) is 9.08. The number of rotatable bonds is 11. The molecule has 9 nitrogen and oxygen atoms in total. The topological polar surface area (TPSA) is 114 Å². The van der Waals surface area contributed by atoms with E-state index in [9.17, 15) is 19.1 Å². The van der Waals surface area contributed by atoms with E-state index in [0.717, 1.165) is 60.4 Å². The highest BCUT2D eigenvalue weighted by Crippen LogP contribution is 2.38. The van der Waals surface area contributed by atoms with Gasteiger partial charge in [-0.2, -0.15) is 5.26 Å². The molecule has 5 rings (SSSR count). The van der Waals surface area contributed by atoms with Crippen molar-refractivity contribution < 1.29 is 18.6 Å². The summed E-state index contributed by atoms with van der Waals surface area (Å²) in [6.07, 6.45) is 9.70. The predicted molar refractivity (Wildman–Crippen MR) is 156 cm³/mol. The van der Waals surface area contributed by atoms with Crippen molar-refractivity contribution in [2.75, 3.05) is 32.7 Å². The number of nitriles is 1. The van der Waals surface area contributed by atoms with Crippen molar-refractivity contribution in [3.05, 3.63) is 65.8 Å². The molecule has 42 heavy (non-hydrogen) atoms. The molecule has 0 spiro atoms. The molecule has 1 unspecified atom stereocenters. The lowest BCUT2D eigenvalue weighted by Crippen LogP contribution is -2.64. The second-order valence-electron chi connectivity index (χ2n) is 11.3. The van der Waals surface area contributed by atoms with Crippen LogP contribution in [0.25, 0.3) is 16.6 Å². The first-order valence-corrected chi connectivity index (χ1v) is 14.4. The molecule has 0 radical (unpaired) electrons. The summed E-state index contributed by atoms with van der Waals surface area (Å²) in [4.78, 5) is 20.9. The Morgan fingerprint density at radius 3 is 2.74 bits per heavy atom. The molecule has 0 amide bonds. The lowest BCUT2D eigenvalue weighted by molar-refractivity contribution is -0.305. The van der Waals surface area contributed by atoms with Gasteiger partial charge >= 0.3 is 0 Å². The summed E-state index contributed by atoms with van der Waals surface area (Å²) in [5.41, 5.74) is 2.79. The molecule has 0 bridgehead atoms. The smallest absolute Gasteiger partial charge is 0.227 e. The second-order valence-corrected chi connectivity index (χ2v) is 11.3. The fraction of sp³-hybridized carbons (Fsp3) is 0.484. The third-order valence-electron chi connectivity index (χ3n) is 8.52. The van der Waals surface area contributed by atoms with Crippen molar-refractivity contribution in [2.45, 2.75) is 58.1 Å². The minimum atomic E-state index is -1.48. The van der Waals surface area contributed by atoms with Crippen molar-refractivity contribution in [3.8, 4) is 6.07 Å². The first-order chi connectivity index (χ1) is 20.3. The molecule has 222 valence electrons. The van der Waals surface area contributed by atoms with Crippen LogP contribution in [0.15, 0.2) is 47.9 Å². The van der Waals surface area contributed by atoms with E-state index in [4.69, 9.17) is 9.73 Å². The fourth-order valence-corrected chi connectivity index (χ4v) is 6.05. The highest BCUT2D eigenvalue weighted by atomic mass is 19.2. The number of fused-ring (bicyclic) bond motifs is 1. The van der Waals surface area contributed by atoms with E-state index in [0.29, 0.717) is 44.1 Å². The van der Waals surface area contributed by atoms with Crippen molar-refractivity contribution in [1.29, 1.82) is 5.26 Å². The van der Waals surface area contributed by atoms with E-state index in [1.54, 1.807) is 0 Å². The van der Waals surface area contributed by atoms with Gasteiger partial charge in [-0.15, -0.1) is 0 Å². The van der Waals surface area contributed by atoms with Crippen LogP contribution in [0.3, 0.4) is 0 Å². The zero-order valence-electron chi connectivity index (χ0n) is 24.1. The number of aliphatic imine (C=N–C) groups is 1. The molecular weight excluding hydrogens is 540 g/mol. The van der Waals surface area contributed by atoms with E-state index in [1.165, 1.54) is 12.4 Å². The number of allylic oxidation sites excluding steroid dienone is 2. The Morgan fingerprint density at radius 1 is 1.26 bits per heavy atom. The lowest BCUT2D eigenvalue weighted by atomic mass is 9.75. The largest absolute Gasteiger partial charge is 0.353 e. The molecule has 2 aliphatic heterocycles. The van der Waals surface area contributed by atoms with E-state index >= 15 is 0 Å². The Labute approximate surface area is 244 Å². The molecule has 2 fully saturated rings. The van der Waals surface area contributed by atoms with Gasteiger partial charge in [0.15, 0.2) is 11.6 Å². The standard InChI is InChI=1S/C31H37F2N7O2/c1-3-23(28-25-7-12-36-29(25)38-21-37-28)16-35-18-30(10-11-34)19-39(20-30)24-8-13-40(14-9-24)31(41,4-2)42-17-22-5-6-26(32)27(33)15-22/h3,5-7,12,15-16,21,24,41H,4,8-10,13-14,17-20H2,1-2H3,(H,36,37,38)/b23-3+,35-16-.